The zero-order chi connectivity index (χ0) is 13.5. The number of alkyl halides is 2. The van der Waals surface area contributed by atoms with Crippen LogP contribution in [0.4, 0.5) is 14.5 Å². The number of rotatable bonds is 6. The van der Waals surface area contributed by atoms with Crippen molar-refractivity contribution in [2.75, 3.05) is 18.9 Å². The molecule has 0 aliphatic rings. The van der Waals surface area contributed by atoms with Crippen LogP contribution in [-0.4, -0.2) is 25.3 Å². The van der Waals surface area contributed by atoms with E-state index in [1.54, 1.807) is 31.3 Å². The number of anilines is 1. The van der Waals surface area contributed by atoms with E-state index in [-0.39, 0.29) is 24.2 Å². The predicted octanol–water partition coefficient (Wildman–Crippen LogP) is 3.22. The van der Waals surface area contributed by atoms with E-state index in [1.807, 2.05) is 6.92 Å². The van der Waals surface area contributed by atoms with Crippen LogP contribution in [0.15, 0.2) is 29.2 Å². The summed E-state index contributed by atoms with van der Waals surface area (Å²) in [7, 11) is 1.78. The molecule has 0 aromatic heterocycles. The van der Waals surface area contributed by atoms with E-state index in [2.05, 4.69) is 10.6 Å². The Labute approximate surface area is 121 Å². The Hall–Kier alpha value is -0.850. The summed E-state index contributed by atoms with van der Waals surface area (Å²) in [6.07, 6.45) is 0. The molecular formula is C12H17ClF2N2OS. The summed E-state index contributed by atoms with van der Waals surface area (Å²) in [5.41, 5.74) is 0.613. The second-order valence-corrected chi connectivity index (χ2v) is 4.91. The SMILES string of the molecule is CNCC(C)C(=O)Nc1ccc(SC(F)F)cc1.Cl. The lowest BCUT2D eigenvalue weighted by molar-refractivity contribution is -0.119. The van der Waals surface area contributed by atoms with Gasteiger partial charge in [0.05, 0.1) is 0 Å². The van der Waals surface area contributed by atoms with Crippen molar-refractivity contribution < 1.29 is 13.6 Å². The Kier molecular flexibility index (Phi) is 8.71. The summed E-state index contributed by atoms with van der Waals surface area (Å²) >= 11 is 0.484. The van der Waals surface area contributed by atoms with E-state index in [4.69, 9.17) is 0 Å². The van der Waals surface area contributed by atoms with Crippen molar-refractivity contribution >= 4 is 35.8 Å². The Balaban J connectivity index is 0.00000324. The first-order chi connectivity index (χ1) is 8.52. The van der Waals surface area contributed by atoms with Gasteiger partial charge < -0.3 is 10.6 Å². The van der Waals surface area contributed by atoms with Gasteiger partial charge in [-0.3, -0.25) is 4.79 Å². The Morgan fingerprint density at radius 3 is 2.37 bits per heavy atom. The molecule has 1 aromatic carbocycles. The van der Waals surface area contributed by atoms with Gasteiger partial charge in [0.2, 0.25) is 5.91 Å². The second kappa shape index (κ2) is 9.12. The van der Waals surface area contributed by atoms with Crippen LogP contribution in [0.1, 0.15) is 6.92 Å². The van der Waals surface area contributed by atoms with Gasteiger partial charge in [-0.05, 0) is 31.3 Å². The van der Waals surface area contributed by atoms with E-state index >= 15 is 0 Å². The van der Waals surface area contributed by atoms with Crippen LogP contribution in [0.2, 0.25) is 0 Å². The van der Waals surface area contributed by atoms with Crippen LogP contribution < -0.4 is 10.6 Å². The van der Waals surface area contributed by atoms with E-state index < -0.39 is 5.76 Å². The maximum absolute atomic E-state index is 12.1. The lowest BCUT2D eigenvalue weighted by Crippen LogP contribution is -2.28. The zero-order valence-corrected chi connectivity index (χ0v) is 12.3. The molecule has 3 nitrogen and oxygen atoms in total. The minimum absolute atomic E-state index is 0. The van der Waals surface area contributed by atoms with E-state index in [9.17, 15) is 13.6 Å². The highest BCUT2D eigenvalue weighted by Gasteiger charge is 2.12. The molecule has 7 heteroatoms. The molecule has 2 N–H and O–H groups in total. The molecule has 0 heterocycles. The number of benzene rings is 1. The topological polar surface area (TPSA) is 41.1 Å². The molecule has 1 atom stereocenters. The quantitative estimate of drug-likeness (QED) is 0.793. The molecule has 1 aromatic rings. The normalized spacial score (nSPS) is 11.8. The van der Waals surface area contributed by atoms with Crippen molar-refractivity contribution in [3.8, 4) is 0 Å². The minimum Gasteiger partial charge on any atom is -0.326 e. The Bertz CT molecular complexity index is 390. The lowest BCUT2D eigenvalue weighted by atomic mass is 10.1. The molecule has 0 saturated heterocycles. The molecule has 19 heavy (non-hydrogen) atoms. The summed E-state index contributed by atoms with van der Waals surface area (Å²) in [6, 6.07) is 6.37. The van der Waals surface area contributed by atoms with Crippen molar-refractivity contribution in [2.24, 2.45) is 5.92 Å². The summed E-state index contributed by atoms with van der Waals surface area (Å²) < 4.78 is 24.2. The van der Waals surface area contributed by atoms with Crippen molar-refractivity contribution in [3.05, 3.63) is 24.3 Å². The second-order valence-electron chi connectivity index (χ2n) is 3.85. The van der Waals surface area contributed by atoms with Gasteiger partial charge in [-0.15, -0.1) is 12.4 Å². The summed E-state index contributed by atoms with van der Waals surface area (Å²) in [5, 5.41) is 5.65. The zero-order valence-electron chi connectivity index (χ0n) is 10.7. The molecule has 0 aliphatic heterocycles. The number of nitrogens with one attached hydrogen (secondary N) is 2. The summed E-state index contributed by atoms with van der Waals surface area (Å²) in [5.74, 6) is -2.68. The first-order valence-corrected chi connectivity index (χ1v) is 6.41. The van der Waals surface area contributed by atoms with Crippen molar-refractivity contribution in [3.63, 3.8) is 0 Å². The van der Waals surface area contributed by atoms with Crippen molar-refractivity contribution in [2.45, 2.75) is 17.6 Å². The molecule has 1 rings (SSSR count). The smallest absolute Gasteiger partial charge is 0.288 e. The molecule has 0 saturated carbocycles. The van der Waals surface area contributed by atoms with Gasteiger partial charge in [-0.2, -0.15) is 8.78 Å². The molecule has 0 bridgehead atoms. The third kappa shape index (κ3) is 6.75. The van der Waals surface area contributed by atoms with Crippen molar-refractivity contribution in [1.29, 1.82) is 0 Å². The first kappa shape index (κ1) is 18.1. The minimum atomic E-state index is -2.43. The molecule has 1 amide bonds. The predicted molar refractivity (Wildman–Crippen MR) is 77.3 cm³/mol. The fourth-order valence-corrected chi connectivity index (χ4v) is 1.88. The highest BCUT2D eigenvalue weighted by atomic mass is 35.5. The van der Waals surface area contributed by atoms with Gasteiger partial charge in [0.1, 0.15) is 0 Å². The first-order valence-electron chi connectivity index (χ1n) is 5.53. The third-order valence-corrected chi connectivity index (χ3v) is 3.03. The van der Waals surface area contributed by atoms with Gasteiger partial charge in [-0.1, -0.05) is 18.7 Å². The van der Waals surface area contributed by atoms with Crippen LogP contribution in [0.25, 0.3) is 0 Å². The number of hydrogen-bond acceptors (Lipinski definition) is 3. The maximum Gasteiger partial charge on any atom is 0.288 e. The van der Waals surface area contributed by atoms with Gasteiger partial charge >= 0.3 is 0 Å². The van der Waals surface area contributed by atoms with Crippen molar-refractivity contribution in [1.82, 2.24) is 5.32 Å². The Morgan fingerprint density at radius 1 is 1.32 bits per heavy atom. The number of thioether (sulfide) groups is 1. The summed E-state index contributed by atoms with van der Waals surface area (Å²) in [6.45, 7) is 2.40. The highest BCUT2D eigenvalue weighted by Crippen LogP contribution is 2.26. The number of carbonyl (C=O) groups is 1. The summed E-state index contributed by atoms with van der Waals surface area (Å²) in [4.78, 5) is 12.2. The van der Waals surface area contributed by atoms with E-state index in [0.29, 0.717) is 28.9 Å². The number of amides is 1. The highest BCUT2D eigenvalue weighted by molar-refractivity contribution is 7.99. The van der Waals surface area contributed by atoms with Crippen LogP contribution in [0.5, 0.6) is 0 Å². The number of halogens is 3. The molecule has 0 spiro atoms. The van der Waals surface area contributed by atoms with Crippen LogP contribution in [0, 0.1) is 5.92 Å². The molecule has 0 fully saturated rings. The molecule has 108 valence electrons. The van der Waals surface area contributed by atoms with Crippen LogP contribution >= 0.6 is 24.2 Å². The lowest BCUT2D eigenvalue weighted by Gasteiger charge is -2.11. The van der Waals surface area contributed by atoms with E-state index in [0.717, 1.165) is 0 Å². The standard InChI is InChI=1S/C12H16F2N2OS.ClH/c1-8(7-15-2)11(17)16-9-3-5-10(6-4-9)18-12(13)14;/h3-6,8,12,15H,7H2,1-2H3,(H,16,17);1H. The van der Waals surface area contributed by atoms with Gasteiger partial charge in [0, 0.05) is 23.0 Å². The number of hydrogen-bond donors (Lipinski definition) is 2. The molecule has 0 aliphatic carbocycles. The fourth-order valence-electron chi connectivity index (χ4n) is 1.38. The number of carbonyl (C=O) groups excluding carboxylic acids is 1. The molecule has 1 unspecified atom stereocenters. The van der Waals surface area contributed by atoms with Gasteiger partial charge in [0.15, 0.2) is 0 Å². The molecule has 0 radical (unpaired) electrons. The maximum atomic E-state index is 12.1. The van der Waals surface area contributed by atoms with Crippen LogP contribution in [0.3, 0.4) is 0 Å². The van der Waals surface area contributed by atoms with Gasteiger partial charge in [-0.25, -0.2) is 0 Å². The average Bonchev–Trinajstić information content (AvgIpc) is 2.31. The monoisotopic (exact) mass is 310 g/mol. The van der Waals surface area contributed by atoms with E-state index in [1.165, 1.54) is 0 Å². The Morgan fingerprint density at radius 2 is 1.89 bits per heavy atom. The average molecular weight is 311 g/mol. The third-order valence-electron chi connectivity index (χ3n) is 2.30. The van der Waals surface area contributed by atoms with Gasteiger partial charge in [0.25, 0.3) is 5.76 Å². The largest absolute Gasteiger partial charge is 0.326 e. The fraction of sp³-hybridized carbons (Fsp3) is 0.417. The molecular weight excluding hydrogens is 294 g/mol. The van der Waals surface area contributed by atoms with Crippen LogP contribution in [-0.2, 0) is 4.79 Å².